The third-order valence-electron chi connectivity index (χ3n) is 7.00. The van der Waals surface area contributed by atoms with E-state index in [4.69, 9.17) is 9.84 Å². The van der Waals surface area contributed by atoms with Crippen LogP contribution in [0.25, 0.3) is 0 Å². The molecule has 1 saturated carbocycles. The third-order valence-corrected chi connectivity index (χ3v) is 7.00. The minimum absolute atomic E-state index is 0.0956. The number of nitrogens with one attached hydrogen (secondary N) is 3. The molecule has 0 aromatic carbocycles. The molecule has 0 spiro atoms. The van der Waals surface area contributed by atoms with Gasteiger partial charge in [-0.25, -0.2) is 4.79 Å². The number of carboxylic acids is 1. The van der Waals surface area contributed by atoms with Crippen LogP contribution in [0.5, 0.6) is 0 Å². The van der Waals surface area contributed by atoms with E-state index in [1.54, 1.807) is 20.8 Å². The zero-order chi connectivity index (χ0) is 29.0. The molecule has 0 radical (unpaired) electrons. The van der Waals surface area contributed by atoms with Crippen molar-refractivity contribution in [3.05, 3.63) is 0 Å². The maximum absolute atomic E-state index is 13.5. The normalized spacial score (nSPS) is 18.6. The molecule has 1 unspecified atom stereocenters. The van der Waals surface area contributed by atoms with Gasteiger partial charge in [0.1, 0.15) is 17.7 Å². The summed E-state index contributed by atoms with van der Waals surface area (Å²) >= 11 is 0. The number of aliphatic hydroxyl groups excluding tert-OH is 1. The molecular formula is C28H51N3O7. The van der Waals surface area contributed by atoms with Gasteiger partial charge in [-0.05, 0) is 51.4 Å². The van der Waals surface area contributed by atoms with E-state index < -0.39 is 60.1 Å². The molecule has 0 aromatic heterocycles. The van der Waals surface area contributed by atoms with Crippen LogP contribution >= 0.6 is 0 Å². The third kappa shape index (κ3) is 12.9. The lowest BCUT2D eigenvalue weighted by Gasteiger charge is -2.32. The lowest BCUT2D eigenvalue weighted by molar-refractivity contribution is -0.140. The standard InChI is InChI=1S/C28H51N3O7/c1-8-18(4)24(26(36)29-20(14-17(2)3)22(32)16-23(33)34)31-25(35)21(15-19-12-10-9-11-13-19)30-27(37)38-28(5,6)7/h17-22,24,32H,8-16H2,1-7H3,(H,29,36)(H,30,37)(H,31,35)(H,33,34)/t18?,20-,21-,22-,24-/m0/s1. The maximum Gasteiger partial charge on any atom is 0.408 e. The lowest BCUT2D eigenvalue weighted by Crippen LogP contribution is -2.58. The van der Waals surface area contributed by atoms with E-state index in [1.165, 1.54) is 0 Å². The van der Waals surface area contributed by atoms with Gasteiger partial charge in [-0.15, -0.1) is 0 Å². The van der Waals surface area contributed by atoms with E-state index in [2.05, 4.69) is 16.0 Å². The van der Waals surface area contributed by atoms with Crippen LogP contribution in [0, 0.1) is 17.8 Å². The lowest BCUT2D eigenvalue weighted by atomic mass is 9.84. The molecule has 10 nitrogen and oxygen atoms in total. The minimum Gasteiger partial charge on any atom is -0.481 e. The number of amides is 3. The van der Waals surface area contributed by atoms with E-state index in [1.807, 2.05) is 27.7 Å². The summed E-state index contributed by atoms with van der Waals surface area (Å²) in [5, 5.41) is 27.9. The first-order valence-electron chi connectivity index (χ1n) is 14.1. The van der Waals surface area contributed by atoms with Crippen LogP contribution in [-0.4, -0.2) is 63.9 Å². The summed E-state index contributed by atoms with van der Waals surface area (Å²) < 4.78 is 5.39. The predicted molar refractivity (Wildman–Crippen MR) is 145 cm³/mol. The number of alkyl carbamates (subject to hydrolysis) is 1. The first kappa shape index (κ1) is 33.7. The highest BCUT2D eigenvalue weighted by molar-refractivity contribution is 5.91. The Morgan fingerprint density at radius 3 is 2.05 bits per heavy atom. The van der Waals surface area contributed by atoms with Crippen molar-refractivity contribution in [3.63, 3.8) is 0 Å². The van der Waals surface area contributed by atoms with Crippen LogP contribution in [0.15, 0.2) is 0 Å². The number of rotatable bonds is 14. The number of aliphatic hydroxyl groups is 1. The van der Waals surface area contributed by atoms with E-state index in [0.29, 0.717) is 19.3 Å². The Balaban J connectivity index is 3.09. The Bertz CT molecular complexity index is 775. The molecular weight excluding hydrogens is 490 g/mol. The minimum atomic E-state index is -1.26. The van der Waals surface area contributed by atoms with Crippen molar-refractivity contribution in [1.82, 2.24) is 16.0 Å². The molecule has 3 amide bonds. The molecule has 220 valence electrons. The molecule has 1 fully saturated rings. The summed E-state index contributed by atoms with van der Waals surface area (Å²) in [4.78, 5) is 50.6. The van der Waals surface area contributed by atoms with Gasteiger partial charge in [0, 0.05) is 0 Å². The maximum atomic E-state index is 13.5. The van der Waals surface area contributed by atoms with Gasteiger partial charge < -0.3 is 30.9 Å². The second-order valence-electron chi connectivity index (χ2n) is 12.2. The second-order valence-corrected chi connectivity index (χ2v) is 12.2. The van der Waals surface area contributed by atoms with E-state index in [-0.39, 0.29) is 17.8 Å². The van der Waals surface area contributed by atoms with Crippen molar-refractivity contribution in [2.24, 2.45) is 17.8 Å². The van der Waals surface area contributed by atoms with Gasteiger partial charge in [0.15, 0.2) is 0 Å². The van der Waals surface area contributed by atoms with Gasteiger partial charge in [-0.3, -0.25) is 14.4 Å². The van der Waals surface area contributed by atoms with Crippen molar-refractivity contribution in [2.45, 2.75) is 136 Å². The summed E-state index contributed by atoms with van der Waals surface area (Å²) in [6, 6.07) is -2.56. The van der Waals surface area contributed by atoms with Crippen LogP contribution in [0.1, 0.15) is 106 Å². The molecule has 38 heavy (non-hydrogen) atoms. The number of hydrogen-bond acceptors (Lipinski definition) is 6. The molecule has 1 aliphatic rings. The van der Waals surface area contributed by atoms with Crippen LogP contribution < -0.4 is 16.0 Å². The molecule has 0 aliphatic heterocycles. The average molecular weight is 542 g/mol. The first-order chi connectivity index (χ1) is 17.6. The molecule has 0 heterocycles. The van der Waals surface area contributed by atoms with Gasteiger partial charge in [0.25, 0.3) is 0 Å². The molecule has 1 aliphatic carbocycles. The Morgan fingerprint density at radius 2 is 1.55 bits per heavy atom. The quantitative estimate of drug-likeness (QED) is 0.224. The Labute approximate surface area is 228 Å². The van der Waals surface area contributed by atoms with Crippen molar-refractivity contribution >= 4 is 23.9 Å². The number of ether oxygens (including phenoxy) is 1. The number of carbonyl (C=O) groups excluding carboxylic acids is 3. The zero-order valence-electron chi connectivity index (χ0n) is 24.3. The van der Waals surface area contributed by atoms with Crippen LogP contribution in [0.2, 0.25) is 0 Å². The largest absolute Gasteiger partial charge is 0.481 e. The fraction of sp³-hybridized carbons (Fsp3) is 0.857. The van der Waals surface area contributed by atoms with E-state index in [0.717, 1.165) is 32.1 Å². The molecule has 0 saturated heterocycles. The Kier molecular flexibility index (Phi) is 14.1. The average Bonchev–Trinajstić information content (AvgIpc) is 2.79. The van der Waals surface area contributed by atoms with Crippen molar-refractivity contribution < 1.29 is 34.1 Å². The summed E-state index contributed by atoms with van der Waals surface area (Å²) in [6.45, 7) is 12.8. The molecule has 10 heteroatoms. The van der Waals surface area contributed by atoms with Gasteiger partial charge >= 0.3 is 12.1 Å². The number of carbonyl (C=O) groups is 4. The fourth-order valence-corrected chi connectivity index (χ4v) is 4.81. The molecule has 5 atom stereocenters. The van der Waals surface area contributed by atoms with Crippen LogP contribution in [0.3, 0.4) is 0 Å². The van der Waals surface area contributed by atoms with Crippen LogP contribution in [0.4, 0.5) is 4.79 Å². The molecule has 1 rings (SSSR count). The zero-order valence-corrected chi connectivity index (χ0v) is 24.3. The second kappa shape index (κ2) is 15.9. The SMILES string of the molecule is CCC(C)[C@H](NC(=O)[C@H](CC1CCCCC1)NC(=O)OC(C)(C)C)C(=O)N[C@@H](CC(C)C)[C@@H](O)CC(=O)O. The van der Waals surface area contributed by atoms with E-state index >= 15 is 0 Å². The summed E-state index contributed by atoms with van der Waals surface area (Å²) in [6.07, 6.45) is 4.26. The Morgan fingerprint density at radius 1 is 0.947 bits per heavy atom. The van der Waals surface area contributed by atoms with Gasteiger partial charge in [-0.2, -0.15) is 0 Å². The number of carboxylic acid groups (broad SMARTS) is 1. The monoisotopic (exact) mass is 541 g/mol. The summed E-state index contributed by atoms with van der Waals surface area (Å²) in [7, 11) is 0. The molecule has 0 aromatic rings. The predicted octanol–water partition coefficient (Wildman–Crippen LogP) is 3.75. The van der Waals surface area contributed by atoms with Crippen molar-refractivity contribution in [2.75, 3.05) is 0 Å². The number of hydrogen-bond donors (Lipinski definition) is 5. The highest BCUT2D eigenvalue weighted by Gasteiger charge is 2.34. The van der Waals surface area contributed by atoms with Gasteiger partial charge in [-0.1, -0.05) is 66.2 Å². The van der Waals surface area contributed by atoms with E-state index in [9.17, 15) is 24.3 Å². The highest BCUT2D eigenvalue weighted by Crippen LogP contribution is 2.27. The van der Waals surface area contributed by atoms with Crippen LogP contribution in [-0.2, 0) is 19.1 Å². The smallest absolute Gasteiger partial charge is 0.408 e. The van der Waals surface area contributed by atoms with Gasteiger partial charge in [0.2, 0.25) is 11.8 Å². The van der Waals surface area contributed by atoms with Crippen molar-refractivity contribution in [3.8, 4) is 0 Å². The summed E-state index contributed by atoms with van der Waals surface area (Å²) in [5.41, 5.74) is -0.725. The fourth-order valence-electron chi connectivity index (χ4n) is 4.81. The molecule has 0 bridgehead atoms. The number of aliphatic carboxylic acids is 1. The summed E-state index contributed by atoms with van der Waals surface area (Å²) in [5.74, 6) is -1.98. The van der Waals surface area contributed by atoms with Crippen molar-refractivity contribution in [1.29, 1.82) is 0 Å². The Hall–Kier alpha value is -2.36. The first-order valence-corrected chi connectivity index (χ1v) is 14.1. The molecule has 5 N–H and O–H groups in total. The highest BCUT2D eigenvalue weighted by atomic mass is 16.6. The van der Waals surface area contributed by atoms with Gasteiger partial charge in [0.05, 0.1) is 18.6 Å². The topological polar surface area (TPSA) is 154 Å².